The molecule has 2 N–H and O–H groups in total. The van der Waals surface area contributed by atoms with Crippen molar-refractivity contribution < 1.29 is 36.0 Å². The molecule has 0 aromatic heterocycles. The molecule has 12 heavy (non-hydrogen) atoms. The van der Waals surface area contributed by atoms with Crippen molar-refractivity contribution in [2.24, 2.45) is 0 Å². The summed E-state index contributed by atoms with van der Waals surface area (Å²) in [5, 5.41) is 0. The maximum absolute atomic E-state index is 11.3. The summed E-state index contributed by atoms with van der Waals surface area (Å²) in [6.45, 7) is 1.35. The van der Waals surface area contributed by atoms with Gasteiger partial charge in [0.15, 0.2) is 0 Å². The Morgan fingerprint density at radius 3 is 1.50 bits per heavy atom. The smallest absolute Gasteiger partial charge is 0.299 e. The van der Waals surface area contributed by atoms with E-state index < -0.39 is 15.9 Å². The van der Waals surface area contributed by atoms with Crippen molar-refractivity contribution >= 4 is 15.9 Å². The molecule has 0 amide bonds. The molecule has 5 nitrogen and oxygen atoms in total. The third-order valence-corrected chi connectivity index (χ3v) is 0.865. The summed E-state index contributed by atoms with van der Waals surface area (Å²) in [5.74, 6) is 0. The standard InChI is InChI=1S/C2H6FO3P.F2HO2P/c1-2-6-7(3,4)5;1-5(2,3)4/h2H2,1H3,(H,4,5);(H,3,4). The molecule has 0 fully saturated rings. The Morgan fingerprint density at radius 2 is 1.50 bits per heavy atom. The number of hydrogen-bond acceptors (Lipinski definition) is 3. The molecule has 1 unspecified atom stereocenters. The maximum atomic E-state index is 11.3. The average molecular weight is 230 g/mol. The fourth-order valence-corrected chi connectivity index (χ4v) is 0.478. The molecule has 0 aromatic carbocycles. The van der Waals surface area contributed by atoms with E-state index in [9.17, 15) is 17.2 Å². The van der Waals surface area contributed by atoms with Crippen LogP contribution in [0.5, 0.6) is 0 Å². The van der Waals surface area contributed by atoms with Crippen LogP contribution in [0.25, 0.3) is 0 Å². The highest BCUT2D eigenvalue weighted by Crippen LogP contribution is 2.43. The quantitative estimate of drug-likeness (QED) is 0.709. The molecule has 0 saturated heterocycles. The van der Waals surface area contributed by atoms with Crippen LogP contribution in [-0.4, -0.2) is 16.4 Å². The van der Waals surface area contributed by atoms with E-state index in [0.29, 0.717) is 0 Å². The van der Waals surface area contributed by atoms with Crippen LogP contribution >= 0.6 is 15.9 Å². The lowest BCUT2D eigenvalue weighted by molar-refractivity contribution is 0.238. The predicted molar refractivity (Wildman–Crippen MR) is 34.6 cm³/mol. The first-order valence-corrected chi connectivity index (χ1v) is 5.36. The van der Waals surface area contributed by atoms with E-state index in [1.165, 1.54) is 6.92 Å². The van der Waals surface area contributed by atoms with Gasteiger partial charge in [0.2, 0.25) is 0 Å². The van der Waals surface area contributed by atoms with E-state index >= 15 is 0 Å². The minimum atomic E-state index is -5.64. The molecular weight excluding hydrogens is 223 g/mol. The topological polar surface area (TPSA) is 83.8 Å². The molecule has 0 rings (SSSR count). The Morgan fingerprint density at radius 1 is 1.25 bits per heavy atom. The van der Waals surface area contributed by atoms with Gasteiger partial charge in [0.1, 0.15) is 0 Å². The second-order valence-electron chi connectivity index (χ2n) is 1.30. The minimum absolute atomic E-state index is 0.0791. The van der Waals surface area contributed by atoms with Crippen LogP contribution in [0.3, 0.4) is 0 Å². The fraction of sp³-hybridized carbons (Fsp3) is 1.00. The van der Waals surface area contributed by atoms with Gasteiger partial charge in [-0.25, -0.2) is 9.13 Å². The normalized spacial score (nSPS) is 15.8. The third-order valence-electron chi connectivity index (χ3n) is 0.288. The van der Waals surface area contributed by atoms with Crippen LogP contribution in [-0.2, 0) is 13.7 Å². The number of rotatable bonds is 2. The van der Waals surface area contributed by atoms with Crippen molar-refractivity contribution in [3.63, 3.8) is 0 Å². The SMILES string of the molecule is CCOP(=O)(O)F.O=P(O)(F)F. The summed E-state index contributed by atoms with van der Waals surface area (Å²) in [6, 6.07) is 0. The molecule has 0 aliphatic carbocycles. The molecule has 0 aliphatic rings. The van der Waals surface area contributed by atoms with Crippen LogP contribution in [0.4, 0.5) is 12.6 Å². The van der Waals surface area contributed by atoms with Crippen LogP contribution in [0.1, 0.15) is 6.92 Å². The zero-order valence-electron chi connectivity index (χ0n) is 5.85. The van der Waals surface area contributed by atoms with Gasteiger partial charge in [-0.1, -0.05) is 0 Å². The van der Waals surface area contributed by atoms with Crippen LogP contribution in [0.2, 0.25) is 0 Å². The van der Waals surface area contributed by atoms with Crippen molar-refractivity contribution in [3.05, 3.63) is 0 Å². The molecule has 0 aromatic rings. The Kier molecular flexibility index (Phi) is 6.98. The molecular formula is C2H7F3O5P2. The van der Waals surface area contributed by atoms with E-state index in [4.69, 9.17) is 14.4 Å². The predicted octanol–water partition coefficient (Wildman–Crippen LogP) is 2.12. The molecule has 0 bridgehead atoms. The molecule has 10 heteroatoms. The molecule has 0 aliphatic heterocycles. The highest BCUT2D eigenvalue weighted by molar-refractivity contribution is 7.47. The number of halogens is 3. The summed E-state index contributed by atoms with van der Waals surface area (Å²) in [5.41, 5.74) is 0. The largest absolute Gasteiger partial charge is 0.549 e. The summed E-state index contributed by atoms with van der Waals surface area (Å²) in [7, 11) is -10.3. The summed E-state index contributed by atoms with van der Waals surface area (Å²) >= 11 is 0. The molecule has 0 saturated carbocycles. The van der Waals surface area contributed by atoms with Crippen molar-refractivity contribution in [1.29, 1.82) is 0 Å². The van der Waals surface area contributed by atoms with E-state index in [1.54, 1.807) is 0 Å². The molecule has 0 spiro atoms. The van der Waals surface area contributed by atoms with E-state index in [-0.39, 0.29) is 6.61 Å². The molecule has 0 heterocycles. The second kappa shape index (κ2) is 5.72. The van der Waals surface area contributed by atoms with E-state index in [2.05, 4.69) is 4.52 Å². The van der Waals surface area contributed by atoms with Crippen LogP contribution in [0.15, 0.2) is 0 Å². The third kappa shape index (κ3) is 49.5. The maximum Gasteiger partial charge on any atom is 0.549 e. The Balaban J connectivity index is 0. The van der Waals surface area contributed by atoms with Crippen molar-refractivity contribution in [2.75, 3.05) is 6.61 Å². The van der Waals surface area contributed by atoms with Gasteiger partial charge in [-0.15, -0.1) is 12.6 Å². The summed E-state index contributed by atoms with van der Waals surface area (Å²) < 4.78 is 53.1. The minimum Gasteiger partial charge on any atom is -0.299 e. The monoisotopic (exact) mass is 230 g/mol. The highest BCUT2D eigenvalue weighted by Gasteiger charge is 2.13. The summed E-state index contributed by atoms with van der Waals surface area (Å²) in [4.78, 5) is 14.4. The van der Waals surface area contributed by atoms with Gasteiger partial charge in [0, 0.05) is 0 Å². The van der Waals surface area contributed by atoms with Gasteiger partial charge in [0.05, 0.1) is 6.61 Å². The Labute approximate surface area is 66.5 Å². The van der Waals surface area contributed by atoms with Crippen molar-refractivity contribution in [3.8, 4) is 0 Å². The Hall–Kier alpha value is 0.130. The molecule has 76 valence electrons. The highest BCUT2D eigenvalue weighted by atomic mass is 31.2. The lowest BCUT2D eigenvalue weighted by Crippen LogP contribution is -1.80. The van der Waals surface area contributed by atoms with Gasteiger partial charge >= 0.3 is 15.9 Å². The number of hydrogen-bond donors (Lipinski definition) is 2. The second-order valence-corrected chi connectivity index (χ2v) is 3.33. The van der Waals surface area contributed by atoms with Gasteiger partial charge in [-0.2, -0.15) is 0 Å². The first kappa shape index (κ1) is 14.6. The lowest BCUT2D eigenvalue weighted by atomic mass is 10.9. The van der Waals surface area contributed by atoms with Gasteiger partial charge in [-0.05, 0) is 6.92 Å². The Bertz CT molecular complexity index is 187. The fourth-order valence-electron chi connectivity index (χ4n) is 0.159. The lowest BCUT2D eigenvalue weighted by Gasteiger charge is -1.95. The van der Waals surface area contributed by atoms with Gasteiger partial charge in [-0.3, -0.25) is 14.3 Å². The average Bonchev–Trinajstić information content (AvgIpc) is 1.54. The molecule has 0 radical (unpaired) electrons. The van der Waals surface area contributed by atoms with Crippen LogP contribution < -0.4 is 0 Å². The first-order chi connectivity index (χ1) is 5.06. The zero-order valence-corrected chi connectivity index (χ0v) is 7.64. The zero-order chi connectivity index (χ0) is 10.4. The van der Waals surface area contributed by atoms with Crippen molar-refractivity contribution in [1.82, 2.24) is 0 Å². The van der Waals surface area contributed by atoms with Crippen LogP contribution in [0, 0.1) is 0 Å². The summed E-state index contributed by atoms with van der Waals surface area (Å²) in [6.07, 6.45) is 0. The van der Waals surface area contributed by atoms with Crippen molar-refractivity contribution in [2.45, 2.75) is 6.92 Å². The molecule has 1 atom stereocenters. The first-order valence-electron chi connectivity index (χ1n) is 2.45. The van der Waals surface area contributed by atoms with E-state index in [0.717, 1.165) is 0 Å². The van der Waals surface area contributed by atoms with E-state index in [1.807, 2.05) is 0 Å². The van der Waals surface area contributed by atoms with Gasteiger partial charge < -0.3 is 0 Å². The van der Waals surface area contributed by atoms with Gasteiger partial charge in [0.25, 0.3) is 0 Å².